The van der Waals surface area contributed by atoms with Gasteiger partial charge in [0.05, 0.1) is 17.8 Å². The topological polar surface area (TPSA) is 61.7 Å². The minimum Gasteiger partial charge on any atom is -0.342 e. The molecule has 1 aromatic heterocycles. The number of halogens is 1. The minimum atomic E-state index is 0.0370. The Bertz CT molecular complexity index is 1030. The molecule has 4 rings (SSSR count). The maximum Gasteiger partial charge on any atom is 0.227 e. The highest BCUT2D eigenvalue weighted by molar-refractivity contribution is 6.31. The zero-order valence-corrected chi connectivity index (χ0v) is 20.9. The molecule has 2 aliphatic heterocycles. The summed E-state index contributed by atoms with van der Waals surface area (Å²) in [6.07, 6.45) is 1.82. The monoisotopic (exact) mass is 471 g/mol. The first kappa shape index (κ1) is 23.8. The molecule has 0 radical (unpaired) electrons. The highest BCUT2D eigenvalue weighted by atomic mass is 35.5. The number of piperidine rings is 1. The van der Waals surface area contributed by atoms with Crippen LogP contribution in [-0.4, -0.2) is 82.6 Å². The summed E-state index contributed by atoms with van der Waals surface area (Å²) in [5.41, 5.74) is 4.70. The molecule has 0 N–H and O–H groups in total. The molecule has 0 aliphatic carbocycles. The maximum atomic E-state index is 13.1. The van der Waals surface area contributed by atoms with E-state index in [-0.39, 0.29) is 17.7 Å². The van der Waals surface area contributed by atoms with Gasteiger partial charge in [-0.2, -0.15) is 5.10 Å². The van der Waals surface area contributed by atoms with E-state index in [4.69, 9.17) is 11.6 Å². The van der Waals surface area contributed by atoms with Gasteiger partial charge in [-0.1, -0.05) is 17.7 Å². The number of benzene rings is 1. The number of likely N-dealkylation sites (N-methyl/N-ethyl adjacent to an activating group) is 1. The van der Waals surface area contributed by atoms with E-state index in [0.29, 0.717) is 24.5 Å². The highest BCUT2D eigenvalue weighted by Gasteiger charge is 2.31. The van der Waals surface area contributed by atoms with Gasteiger partial charge in [-0.25, -0.2) is 4.68 Å². The highest BCUT2D eigenvalue weighted by Crippen LogP contribution is 2.25. The van der Waals surface area contributed by atoms with Crippen molar-refractivity contribution in [1.82, 2.24) is 24.5 Å². The molecule has 2 amide bonds. The fraction of sp³-hybridized carbons (Fsp3) is 0.560. The first-order valence-electron chi connectivity index (χ1n) is 11.8. The summed E-state index contributed by atoms with van der Waals surface area (Å²) in [4.78, 5) is 32.1. The van der Waals surface area contributed by atoms with Crippen LogP contribution in [0, 0.1) is 26.7 Å². The molecule has 2 fully saturated rings. The van der Waals surface area contributed by atoms with Gasteiger partial charge in [-0.3, -0.25) is 9.59 Å². The van der Waals surface area contributed by atoms with Crippen LogP contribution in [0.2, 0.25) is 5.02 Å². The van der Waals surface area contributed by atoms with Crippen molar-refractivity contribution in [3.8, 4) is 5.69 Å². The van der Waals surface area contributed by atoms with Crippen LogP contribution in [0.3, 0.4) is 0 Å². The third-order valence-electron chi connectivity index (χ3n) is 7.18. The van der Waals surface area contributed by atoms with E-state index >= 15 is 0 Å². The van der Waals surface area contributed by atoms with Crippen LogP contribution in [0.25, 0.3) is 5.69 Å². The van der Waals surface area contributed by atoms with Gasteiger partial charge < -0.3 is 14.7 Å². The molecular weight excluding hydrogens is 438 g/mol. The van der Waals surface area contributed by atoms with E-state index in [2.05, 4.69) is 17.0 Å². The average molecular weight is 472 g/mol. The number of rotatable bonds is 4. The van der Waals surface area contributed by atoms with Crippen molar-refractivity contribution in [1.29, 1.82) is 0 Å². The Morgan fingerprint density at radius 2 is 1.67 bits per heavy atom. The van der Waals surface area contributed by atoms with E-state index in [1.54, 1.807) is 0 Å². The van der Waals surface area contributed by atoms with Gasteiger partial charge in [0.1, 0.15) is 0 Å². The van der Waals surface area contributed by atoms with E-state index < -0.39 is 0 Å². The van der Waals surface area contributed by atoms with Gasteiger partial charge in [-0.15, -0.1) is 0 Å². The first-order valence-corrected chi connectivity index (χ1v) is 12.2. The number of likely N-dealkylation sites (tertiary alicyclic amines) is 1. The molecule has 0 atom stereocenters. The smallest absolute Gasteiger partial charge is 0.227 e. The number of amides is 2. The van der Waals surface area contributed by atoms with Crippen LogP contribution in [0.15, 0.2) is 18.2 Å². The normalized spacial score (nSPS) is 18.1. The molecule has 7 nitrogen and oxygen atoms in total. The van der Waals surface area contributed by atoms with Crippen LogP contribution in [0.1, 0.15) is 35.4 Å². The van der Waals surface area contributed by atoms with Crippen molar-refractivity contribution in [2.24, 2.45) is 5.92 Å². The van der Waals surface area contributed by atoms with Gasteiger partial charge in [0.2, 0.25) is 11.8 Å². The summed E-state index contributed by atoms with van der Waals surface area (Å²) in [5.74, 6) is 0.406. The lowest BCUT2D eigenvalue weighted by molar-refractivity contribution is -0.141. The second kappa shape index (κ2) is 9.85. The summed E-state index contributed by atoms with van der Waals surface area (Å²) >= 11 is 6.31. The zero-order chi connectivity index (χ0) is 23.7. The van der Waals surface area contributed by atoms with Gasteiger partial charge in [-0.05, 0) is 58.4 Å². The molecule has 0 saturated carbocycles. The summed E-state index contributed by atoms with van der Waals surface area (Å²) in [6, 6.07) is 5.88. The Morgan fingerprint density at radius 1 is 1.00 bits per heavy atom. The standard InChI is InChI=1S/C25H34ClN5O2/c1-17-5-6-21(15-23(17)26)31-19(3)22(18(2)27-31)16-24(32)29-9-7-20(8-10-29)25(33)30-13-11-28(4)12-14-30/h5-6,15,20H,7-14,16H2,1-4H3. The summed E-state index contributed by atoms with van der Waals surface area (Å²) in [6.45, 7) is 10.7. The second-order valence-electron chi connectivity index (χ2n) is 9.46. The molecular formula is C25H34ClN5O2. The molecule has 178 valence electrons. The molecule has 2 aliphatic rings. The fourth-order valence-electron chi connectivity index (χ4n) is 4.82. The maximum absolute atomic E-state index is 13.1. The Labute approximate surface area is 201 Å². The molecule has 8 heteroatoms. The number of carbonyl (C=O) groups is 2. The van der Waals surface area contributed by atoms with Crippen molar-refractivity contribution >= 4 is 23.4 Å². The van der Waals surface area contributed by atoms with Gasteiger partial charge in [0.15, 0.2) is 0 Å². The molecule has 0 spiro atoms. The van der Waals surface area contributed by atoms with Crippen LogP contribution in [0.4, 0.5) is 0 Å². The Kier molecular flexibility index (Phi) is 7.10. The molecule has 0 unspecified atom stereocenters. The molecule has 2 aromatic rings. The Balaban J connectivity index is 1.37. The lowest BCUT2D eigenvalue weighted by Crippen LogP contribution is -2.51. The quantitative estimate of drug-likeness (QED) is 0.687. The second-order valence-corrected chi connectivity index (χ2v) is 9.86. The molecule has 2 saturated heterocycles. The summed E-state index contributed by atoms with van der Waals surface area (Å²) in [7, 11) is 2.09. The van der Waals surface area contributed by atoms with E-state index in [1.807, 2.05) is 53.5 Å². The van der Waals surface area contributed by atoms with Gasteiger partial charge in [0.25, 0.3) is 0 Å². The number of aryl methyl sites for hydroxylation is 2. The lowest BCUT2D eigenvalue weighted by Gasteiger charge is -2.37. The number of nitrogens with zero attached hydrogens (tertiary/aromatic N) is 5. The zero-order valence-electron chi connectivity index (χ0n) is 20.1. The molecule has 33 heavy (non-hydrogen) atoms. The first-order chi connectivity index (χ1) is 15.7. The number of hydrogen-bond acceptors (Lipinski definition) is 4. The average Bonchev–Trinajstić information content (AvgIpc) is 3.09. The predicted molar refractivity (Wildman–Crippen MR) is 130 cm³/mol. The largest absolute Gasteiger partial charge is 0.342 e. The van der Waals surface area contributed by atoms with Crippen LogP contribution >= 0.6 is 11.6 Å². The SMILES string of the molecule is Cc1ccc(-n2nc(C)c(CC(=O)N3CCC(C(=O)N4CCN(C)CC4)CC3)c2C)cc1Cl. The van der Waals surface area contributed by atoms with Crippen LogP contribution in [0.5, 0.6) is 0 Å². The van der Waals surface area contributed by atoms with Crippen molar-refractivity contribution in [3.05, 3.63) is 45.7 Å². The predicted octanol–water partition coefficient (Wildman–Crippen LogP) is 3.01. The van der Waals surface area contributed by atoms with E-state index in [0.717, 1.165) is 67.2 Å². The van der Waals surface area contributed by atoms with Gasteiger partial charge in [0, 0.05) is 61.5 Å². The van der Waals surface area contributed by atoms with Crippen LogP contribution < -0.4 is 0 Å². The molecule has 3 heterocycles. The fourth-order valence-corrected chi connectivity index (χ4v) is 4.99. The van der Waals surface area contributed by atoms with Crippen molar-refractivity contribution < 1.29 is 9.59 Å². The third-order valence-corrected chi connectivity index (χ3v) is 7.59. The Hall–Kier alpha value is -2.38. The number of aromatic nitrogens is 2. The number of hydrogen-bond donors (Lipinski definition) is 0. The van der Waals surface area contributed by atoms with Crippen molar-refractivity contribution in [3.63, 3.8) is 0 Å². The summed E-state index contributed by atoms with van der Waals surface area (Å²) < 4.78 is 1.87. The third kappa shape index (κ3) is 5.09. The minimum absolute atomic E-state index is 0.0370. The number of carbonyl (C=O) groups excluding carboxylic acids is 2. The van der Waals surface area contributed by atoms with Crippen LogP contribution in [-0.2, 0) is 16.0 Å². The molecule has 1 aromatic carbocycles. The summed E-state index contributed by atoms with van der Waals surface area (Å²) in [5, 5.41) is 5.38. The number of piperazine rings is 1. The van der Waals surface area contributed by atoms with Crippen molar-refractivity contribution in [2.45, 2.75) is 40.0 Å². The van der Waals surface area contributed by atoms with E-state index in [9.17, 15) is 9.59 Å². The Morgan fingerprint density at radius 3 is 2.30 bits per heavy atom. The lowest BCUT2D eigenvalue weighted by atomic mass is 9.94. The van der Waals surface area contributed by atoms with E-state index in [1.165, 1.54) is 0 Å². The van der Waals surface area contributed by atoms with Crippen molar-refractivity contribution in [2.75, 3.05) is 46.3 Å². The molecule has 0 bridgehead atoms. The van der Waals surface area contributed by atoms with Gasteiger partial charge >= 0.3 is 0 Å².